The summed E-state index contributed by atoms with van der Waals surface area (Å²) in [5.41, 5.74) is -5.84. The molecule has 0 saturated heterocycles. The average Bonchev–Trinajstić information content (AvgIpc) is 3.92. The molecule has 0 N–H and O–H groups in total. The van der Waals surface area contributed by atoms with Crippen LogP contribution in [-0.4, -0.2) is 11.5 Å². The highest BCUT2D eigenvalue weighted by Gasteiger charge is 2.41. The summed E-state index contributed by atoms with van der Waals surface area (Å²) in [5, 5.41) is -1.60. The van der Waals surface area contributed by atoms with E-state index >= 15 is 0 Å². The fourth-order valence-electron chi connectivity index (χ4n) is 6.13. The van der Waals surface area contributed by atoms with Gasteiger partial charge in [-0.05, 0) is 47.4 Å². The summed E-state index contributed by atoms with van der Waals surface area (Å²) >= 11 is 0. The minimum Gasteiger partial charge on any atom is -0.551 e. The Kier molecular flexibility index (Phi) is 2.26. The largest absolute Gasteiger partial charge is 0.551 e. The first-order chi connectivity index (χ1) is 33.3. The molecule has 2 aromatic heterocycles. The molecule has 0 unspecified atom stereocenters. The molecule has 7 aromatic carbocycles. The van der Waals surface area contributed by atoms with Crippen LogP contribution >= 0.6 is 0 Å². The van der Waals surface area contributed by atoms with Crippen LogP contribution in [0.1, 0.15) is 32.9 Å². The Labute approximate surface area is 303 Å². The van der Waals surface area contributed by atoms with E-state index in [0.717, 1.165) is 4.57 Å². The van der Waals surface area contributed by atoms with Gasteiger partial charge < -0.3 is 18.4 Å². The molecule has 0 amide bonds. The molecule has 4 heterocycles. The average molecular weight is 626 g/mol. The van der Waals surface area contributed by atoms with Crippen molar-refractivity contribution >= 4 is 61.6 Å². The minimum atomic E-state index is -1.84. The summed E-state index contributed by atoms with van der Waals surface area (Å²) < 4.78 is 234. The van der Waals surface area contributed by atoms with Gasteiger partial charge in [-0.2, -0.15) is 0 Å². The van der Waals surface area contributed by atoms with Crippen molar-refractivity contribution in [2.45, 2.75) is 0 Å². The number of nitrogens with zero attached hydrogens (tertiary/aromatic N) is 1. The van der Waals surface area contributed by atoms with E-state index in [2.05, 4.69) is 0 Å². The van der Waals surface area contributed by atoms with Crippen LogP contribution in [0.5, 0.6) is 17.2 Å². The first-order valence-corrected chi connectivity index (χ1v) is 14.0. The molecule has 0 spiro atoms. The van der Waals surface area contributed by atoms with Crippen LogP contribution in [0.25, 0.3) is 71.7 Å². The second kappa shape index (κ2) is 9.18. The Bertz CT molecular complexity index is 4050. The lowest BCUT2D eigenvalue weighted by Gasteiger charge is -2.33. The van der Waals surface area contributed by atoms with Crippen LogP contribution < -0.4 is 20.3 Å². The Morgan fingerprint density at radius 1 is 0.532 bits per heavy atom. The predicted molar refractivity (Wildman–Crippen MR) is 191 cm³/mol. The topological polar surface area (TPSA) is 36.5 Å². The Balaban J connectivity index is 1.34. The number of ether oxygens (including phenoxy) is 1. The van der Waals surface area contributed by atoms with Crippen molar-refractivity contribution in [3.8, 4) is 45.2 Å². The molecule has 0 radical (unpaired) electrons. The molecule has 47 heavy (non-hydrogen) atoms. The van der Waals surface area contributed by atoms with E-state index in [1.165, 1.54) is 0 Å². The van der Waals surface area contributed by atoms with Gasteiger partial charge in [-0.25, -0.2) is 0 Å². The maximum atomic E-state index is 10.0. The van der Waals surface area contributed by atoms with Gasteiger partial charge in [-0.3, -0.25) is 0 Å². The third-order valence-corrected chi connectivity index (χ3v) is 8.10. The second-order valence-electron chi connectivity index (χ2n) is 10.6. The van der Waals surface area contributed by atoms with Crippen molar-refractivity contribution in [2.75, 3.05) is 0 Å². The quantitative estimate of drug-likeness (QED) is 0.180. The zero-order chi connectivity index (χ0) is 51.5. The molecule has 9 aromatic rings. The van der Waals surface area contributed by atoms with Gasteiger partial charge in [0.1, 0.15) is 28.4 Å². The molecule has 0 fully saturated rings. The van der Waals surface area contributed by atoms with Crippen molar-refractivity contribution in [1.82, 2.24) is 4.57 Å². The molecule has 0 aliphatic carbocycles. The van der Waals surface area contributed by atoms with Crippen LogP contribution in [0.15, 0.2) is 149 Å². The number of rotatable bonds is 2. The zero-order valence-corrected chi connectivity index (χ0v) is 23.2. The van der Waals surface area contributed by atoms with Gasteiger partial charge in [-0.15, -0.1) is 0 Å². The summed E-state index contributed by atoms with van der Waals surface area (Å²) in [6.45, 7) is -1.84. The lowest BCUT2D eigenvalue weighted by atomic mass is 9.51. The van der Waals surface area contributed by atoms with Crippen molar-refractivity contribution in [3.63, 3.8) is 0 Å². The number of furan rings is 1. The highest BCUT2D eigenvalue weighted by molar-refractivity contribution is 6.84. The maximum absolute atomic E-state index is 10.0. The third kappa shape index (κ3) is 3.43. The lowest BCUT2D eigenvalue weighted by molar-refractivity contribution is 0.479. The smallest absolute Gasteiger partial charge is 0.434 e. The molecule has 0 atom stereocenters. The van der Waals surface area contributed by atoms with Crippen LogP contribution in [-0.2, 0) is 0 Å². The molecule has 2 aliphatic rings. The fraction of sp³-hybridized carbons (Fsp3) is 0. The van der Waals surface area contributed by atoms with Gasteiger partial charge >= 0.3 is 6.92 Å². The Hall–Kier alpha value is -6.20. The van der Waals surface area contributed by atoms with Crippen LogP contribution in [0.3, 0.4) is 0 Å². The summed E-state index contributed by atoms with van der Waals surface area (Å²) in [5.74, 6) is -1.91. The van der Waals surface area contributed by atoms with Gasteiger partial charge in [0.25, 0.3) is 0 Å². The molecule has 218 valence electrons. The summed E-state index contributed by atoms with van der Waals surface area (Å²) in [6, 6.07) is -19.0. The number of aromatic nitrogens is 1. The van der Waals surface area contributed by atoms with Gasteiger partial charge in [0.05, 0.1) is 49.6 Å². The van der Waals surface area contributed by atoms with E-state index in [1.807, 2.05) is 0 Å². The summed E-state index contributed by atoms with van der Waals surface area (Å²) in [6.07, 6.45) is 0. The molecule has 0 saturated carbocycles. The van der Waals surface area contributed by atoms with E-state index in [4.69, 9.17) is 39.9 Å². The maximum Gasteiger partial charge on any atom is 0.434 e. The van der Waals surface area contributed by atoms with Crippen molar-refractivity contribution in [3.05, 3.63) is 145 Å². The first kappa shape index (κ1) is 11.6. The molecule has 2 aliphatic heterocycles. The van der Waals surface area contributed by atoms with E-state index in [9.17, 15) is 6.85 Å². The molecule has 11 rings (SSSR count). The lowest BCUT2D eigenvalue weighted by Crippen LogP contribution is -2.53. The van der Waals surface area contributed by atoms with Crippen LogP contribution in [0.4, 0.5) is 0 Å². The molecule has 5 heteroatoms. The van der Waals surface area contributed by atoms with Gasteiger partial charge in [0.2, 0.25) is 0 Å². The number of hydrogen-bond acceptors (Lipinski definition) is 3. The van der Waals surface area contributed by atoms with Crippen molar-refractivity contribution in [1.29, 1.82) is 0 Å². The SMILES string of the molecule is [2H]c1c([2H])c([2H])c2c(c1[2H])Oc1c([2H])c(-n3c4c([2H])c([2H])c([2H])c([2H])c4c4c([2H])c([2H])c([2H])c([2H])c43)c([2H])c3c1B2Oc1c([2H])c(-c2c([2H])c([2H])c([2H])c4c2oc2c([2H])c([2H])c([2H])c([2H])c24)c([2H])c([2H])c1-3. The van der Waals surface area contributed by atoms with E-state index < -0.39 is 236 Å². The van der Waals surface area contributed by atoms with Gasteiger partial charge in [0.15, 0.2) is 0 Å². The zero-order valence-electron chi connectivity index (χ0n) is 47.2. The highest BCUT2D eigenvalue weighted by atomic mass is 16.5. The normalized spacial score (nSPS) is 20.1. The van der Waals surface area contributed by atoms with Crippen LogP contribution in [0.2, 0.25) is 0 Å². The minimum absolute atomic E-state index is 0.338. The highest BCUT2D eigenvalue weighted by Crippen LogP contribution is 2.44. The molecule has 0 bridgehead atoms. The molecular formula is C42H24BNO3. The second-order valence-corrected chi connectivity index (χ2v) is 10.6. The first-order valence-electron chi connectivity index (χ1n) is 26.0. The number of fused-ring (bicyclic) bond motifs is 10. The molecule has 4 nitrogen and oxygen atoms in total. The van der Waals surface area contributed by atoms with E-state index in [-0.39, 0.29) is 16.2 Å². The van der Waals surface area contributed by atoms with Crippen LogP contribution in [0, 0.1) is 0 Å². The summed E-state index contributed by atoms with van der Waals surface area (Å²) in [4.78, 5) is 0. The summed E-state index contributed by atoms with van der Waals surface area (Å²) in [7, 11) is 0. The molecular weight excluding hydrogens is 577 g/mol. The predicted octanol–water partition coefficient (Wildman–Crippen LogP) is 9.62. The Morgan fingerprint density at radius 2 is 1.26 bits per heavy atom. The monoisotopic (exact) mass is 625 g/mol. The van der Waals surface area contributed by atoms with Gasteiger partial charge in [0, 0.05) is 49.6 Å². The van der Waals surface area contributed by atoms with Crippen molar-refractivity contribution in [2.24, 2.45) is 0 Å². The number of para-hydroxylation sites is 5. The van der Waals surface area contributed by atoms with E-state index in [0.29, 0.717) is 0 Å². The Morgan fingerprint density at radius 3 is 2.11 bits per heavy atom. The number of hydrogen-bond donors (Lipinski definition) is 0. The third-order valence-electron chi connectivity index (χ3n) is 8.10. The van der Waals surface area contributed by atoms with Crippen molar-refractivity contribution < 1.29 is 46.7 Å². The van der Waals surface area contributed by atoms with Gasteiger partial charge in [-0.1, -0.05) is 103 Å². The standard InChI is InChI=1S/C42H24BNO3/c1-5-16-35-28(10-1)29-11-2-6-17-36(29)44(35)26-23-33-31-21-20-25(27-13-9-14-32-30-12-3-7-18-37(30)46-42(27)32)22-39(31)47-43-34-15-4-8-19-38(34)45-40(24-26)41(33)43/h1-24H/i1D,2D,3D,4D,5D,6D,7D,8D,9D,10D,11D,12D,13D,14D,15D,16D,17D,18D,19D,20D,21D,22D,23D,24D. The fourth-order valence-corrected chi connectivity index (χ4v) is 6.13. The van der Waals surface area contributed by atoms with E-state index in [1.54, 1.807) is 0 Å². The number of benzene rings is 7.